The van der Waals surface area contributed by atoms with E-state index in [4.69, 9.17) is 22.1 Å². The monoisotopic (exact) mass is 308 g/mol. The second kappa shape index (κ2) is 6.95. The number of ether oxygens (including phenoxy) is 1. The first-order valence-electron chi connectivity index (χ1n) is 6.29. The molecule has 0 saturated carbocycles. The summed E-state index contributed by atoms with van der Waals surface area (Å²) in [7, 11) is 0. The number of para-hydroxylation sites is 2. The Labute approximate surface area is 126 Å². The van der Waals surface area contributed by atoms with Gasteiger partial charge in [-0.2, -0.15) is 0 Å². The average Bonchev–Trinajstić information content (AvgIpc) is 2.48. The smallest absolute Gasteiger partial charge is 0.253 e. The summed E-state index contributed by atoms with van der Waals surface area (Å²) in [6.07, 6.45) is 0. The minimum absolute atomic E-state index is 0.0934. The number of halogens is 2. The molecule has 21 heavy (non-hydrogen) atoms. The molecule has 0 aliphatic carbocycles. The number of carbonyl (C=O) groups excluding carboxylic acids is 1. The zero-order valence-electron chi connectivity index (χ0n) is 11.1. The van der Waals surface area contributed by atoms with Crippen LogP contribution < -0.4 is 15.8 Å². The molecule has 0 unspecified atom stereocenters. The highest BCUT2D eigenvalue weighted by atomic mass is 35.5. The zero-order chi connectivity index (χ0) is 15.2. The molecular weight excluding hydrogens is 295 g/mol. The summed E-state index contributed by atoms with van der Waals surface area (Å²) in [5.41, 5.74) is 6.34. The predicted octanol–water partition coefficient (Wildman–Crippen LogP) is 2.87. The Hall–Kier alpha value is -2.27. The number of carbonyl (C=O) groups is 1. The fourth-order valence-electron chi connectivity index (χ4n) is 1.71. The molecule has 0 heterocycles. The van der Waals surface area contributed by atoms with Crippen LogP contribution in [0.2, 0.25) is 5.02 Å². The molecule has 0 saturated heterocycles. The van der Waals surface area contributed by atoms with Gasteiger partial charge < -0.3 is 15.8 Å². The maximum atomic E-state index is 13.2. The van der Waals surface area contributed by atoms with Gasteiger partial charge in [0.15, 0.2) is 0 Å². The number of nitrogens with two attached hydrogens (primary N) is 1. The number of rotatable bonds is 5. The lowest BCUT2D eigenvalue weighted by Gasteiger charge is -2.10. The zero-order valence-corrected chi connectivity index (χ0v) is 11.9. The van der Waals surface area contributed by atoms with E-state index < -0.39 is 11.7 Å². The van der Waals surface area contributed by atoms with Gasteiger partial charge in [-0.3, -0.25) is 4.79 Å². The Kier molecular flexibility index (Phi) is 5.00. The van der Waals surface area contributed by atoms with E-state index in [0.29, 0.717) is 11.4 Å². The molecule has 0 aromatic heterocycles. The molecule has 0 aliphatic rings. The molecule has 0 radical (unpaired) electrons. The summed E-state index contributed by atoms with van der Waals surface area (Å²) in [6, 6.07) is 11.1. The second-order valence-corrected chi connectivity index (χ2v) is 4.62. The standard InChI is InChI=1S/C15H14ClFN2O2/c16-14-10(4-3-5-11(14)17)15(20)19-8-9-21-13-7-2-1-6-12(13)18/h1-7H,8-9,18H2,(H,19,20). The van der Waals surface area contributed by atoms with Gasteiger partial charge in [0.1, 0.15) is 18.2 Å². The van der Waals surface area contributed by atoms with Crippen LogP contribution in [0.25, 0.3) is 0 Å². The summed E-state index contributed by atoms with van der Waals surface area (Å²) < 4.78 is 18.7. The van der Waals surface area contributed by atoms with Crippen molar-refractivity contribution in [3.05, 3.63) is 58.9 Å². The quantitative estimate of drug-likeness (QED) is 0.659. The lowest BCUT2D eigenvalue weighted by atomic mass is 10.2. The lowest BCUT2D eigenvalue weighted by molar-refractivity contribution is 0.0947. The Bertz CT molecular complexity index is 649. The SMILES string of the molecule is Nc1ccccc1OCCNC(=O)c1cccc(F)c1Cl. The van der Waals surface area contributed by atoms with E-state index in [9.17, 15) is 9.18 Å². The van der Waals surface area contributed by atoms with Crippen molar-refractivity contribution < 1.29 is 13.9 Å². The minimum atomic E-state index is -0.627. The third-order valence-electron chi connectivity index (χ3n) is 2.76. The van der Waals surface area contributed by atoms with Crippen molar-refractivity contribution in [3.63, 3.8) is 0 Å². The van der Waals surface area contributed by atoms with Crippen molar-refractivity contribution in [2.45, 2.75) is 0 Å². The Morgan fingerprint density at radius 1 is 1.24 bits per heavy atom. The van der Waals surface area contributed by atoms with Gasteiger partial charge in [0.2, 0.25) is 0 Å². The van der Waals surface area contributed by atoms with Crippen LogP contribution in [0.4, 0.5) is 10.1 Å². The Morgan fingerprint density at radius 2 is 2.00 bits per heavy atom. The first-order chi connectivity index (χ1) is 10.1. The van der Waals surface area contributed by atoms with Gasteiger partial charge in [0.05, 0.1) is 22.8 Å². The van der Waals surface area contributed by atoms with E-state index in [-0.39, 0.29) is 23.7 Å². The molecule has 2 rings (SSSR count). The molecule has 2 aromatic rings. The summed E-state index contributed by atoms with van der Waals surface area (Å²) in [6.45, 7) is 0.493. The molecule has 2 aromatic carbocycles. The van der Waals surface area contributed by atoms with Crippen LogP contribution in [0, 0.1) is 5.82 Å². The molecule has 6 heteroatoms. The van der Waals surface area contributed by atoms with Gasteiger partial charge in [-0.1, -0.05) is 29.8 Å². The maximum Gasteiger partial charge on any atom is 0.253 e. The Balaban J connectivity index is 1.85. The van der Waals surface area contributed by atoms with Gasteiger partial charge in [0, 0.05) is 0 Å². The van der Waals surface area contributed by atoms with Gasteiger partial charge in [-0.15, -0.1) is 0 Å². The first-order valence-corrected chi connectivity index (χ1v) is 6.67. The van der Waals surface area contributed by atoms with Crippen LogP contribution in [0.1, 0.15) is 10.4 Å². The van der Waals surface area contributed by atoms with E-state index in [0.717, 1.165) is 0 Å². The second-order valence-electron chi connectivity index (χ2n) is 4.24. The largest absolute Gasteiger partial charge is 0.490 e. The van der Waals surface area contributed by atoms with Crippen LogP contribution in [0.15, 0.2) is 42.5 Å². The molecule has 110 valence electrons. The van der Waals surface area contributed by atoms with Crippen molar-refractivity contribution >= 4 is 23.2 Å². The van der Waals surface area contributed by atoms with Crippen LogP contribution in [-0.4, -0.2) is 19.1 Å². The fraction of sp³-hybridized carbons (Fsp3) is 0.133. The third kappa shape index (κ3) is 3.86. The van der Waals surface area contributed by atoms with E-state index in [1.54, 1.807) is 24.3 Å². The van der Waals surface area contributed by atoms with E-state index in [1.165, 1.54) is 18.2 Å². The molecule has 0 spiro atoms. The molecule has 4 nitrogen and oxygen atoms in total. The fourth-order valence-corrected chi connectivity index (χ4v) is 1.92. The molecular formula is C15H14ClFN2O2. The van der Waals surface area contributed by atoms with E-state index in [2.05, 4.69) is 5.32 Å². The van der Waals surface area contributed by atoms with Crippen LogP contribution in [0.3, 0.4) is 0 Å². The Morgan fingerprint density at radius 3 is 2.76 bits per heavy atom. The summed E-state index contributed by atoms with van der Waals surface area (Å²) >= 11 is 5.73. The summed E-state index contributed by atoms with van der Waals surface area (Å²) in [5, 5.41) is 2.41. The average molecular weight is 309 g/mol. The molecule has 0 bridgehead atoms. The van der Waals surface area contributed by atoms with Crippen molar-refractivity contribution in [3.8, 4) is 5.75 Å². The van der Waals surface area contributed by atoms with E-state index >= 15 is 0 Å². The van der Waals surface area contributed by atoms with Gasteiger partial charge >= 0.3 is 0 Å². The number of anilines is 1. The molecule has 0 atom stereocenters. The minimum Gasteiger partial charge on any atom is -0.490 e. The molecule has 0 aliphatic heterocycles. The van der Waals surface area contributed by atoms with Crippen molar-refractivity contribution in [2.24, 2.45) is 0 Å². The van der Waals surface area contributed by atoms with Crippen LogP contribution >= 0.6 is 11.6 Å². The highest BCUT2D eigenvalue weighted by Crippen LogP contribution is 2.20. The maximum absolute atomic E-state index is 13.2. The van der Waals surface area contributed by atoms with Crippen LogP contribution in [0.5, 0.6) is 5.75 Å². The number of nitrogen functional groups attached to an aromatic ring is 1. The predicted molar refractivity (Wildman–Crippen MR) is 80.1 cm³/mol. The van der Waals surface area contributed by atoms with Crippen LogP contribution in [-0.2, 0) is 0 Å². The molecule has 0 fully saturated rings. The highest BCUT2D eigenvalue weighted by molar-refractivity contribution is 6.34. The number of hydrogen-bond acceptors (Lipinski definition) is 3. The third-order valence-corrected chi connectivity index (χ3v) is 3.14. The number of hydrogen-bond donors (Lipinski definition) is 2. The normalized spacial score (nSPS) is 10.2. The molecule has 3 N–H and O–H groups in total. The number of benzene rings is 2. The van der Waals surface area contributed by atoms with E-state index in [1.807, 2.05) is 0 Å². The summed E-state index contributed by atoms with van der Waals surface area (Å²) in [5.74, 6) is -0.530. The lowest BCUT2D eigenvalue weighted by Crippen LogP contribution is -2.28. The number of amides is 1. The van der Waals surface area contributed by atoms with Crippen molar-refractivity contribution in [1.29, 1.82) is 0 Å². The number of nitrogens with one attached hydrogen (secondary N) is 1. The topological polar surface area (TPSA) is 64.3 Å². The molecule has 1 amide bonds. The summed E-state index contributed by atoms with van der Waals surface area (Å²) in [4.78, 5) is 11.9. The first kappa shape index (κ1) is 15.1. The van der Waals surface area contributed by atoms with Crippen molar-refractivity contribution in [1.82, 2.24) is 5.32 Å². The highest BCUT2D eigenvalue weighted by Gasteiger charge is 2.12. The van der Waals surface area contributed by atoms with Crippen molar-refractivity contribution in [2.75, 3.05) is 18.9 Å². The van der Waals surface area contributed by atoms with Gasteiger partial charge in [0.25, 0.3) is 5.91 Å². The van der Waals surface area contributed by atoms with Gasteiger partial charge in [-0.05, 0) is 24.3 Å². The van der Waals surface area contributed by atoms with Gasteiger partial charge in [-0.25, -0.2) is 4.39 Å².